The summed E-state index contributed by atoms with van der Waals surface area (Å²) < 4.78 is 29.0. The third-order valence-electron chi connectivity index (χ3n) is 3.29. The minimum Gasteiger partial charge on any atom is -0.468 e. The summed E-state index contributed by atoms with van der Waals surface area (Å²) in [7, 11) is 1.32. The van der Waals surface area contributed by atoms with Crippen molar-refractivity contribution in [3.05, 3.63) is 0 Å². The number of halogens is 2. The number of rotatable bonds is 7. The van der Waals surface area contributed by atoms with Crippen LogP contribution >= 0.6 is 0 Å². The second kappa shape index (κ2) is 8.39. The van der Waals surface area contributed by atoms with Gasteiger partial charge in [0.25, 0.3) is 6.43 Å². The Kier molecular flexibility index (Phi) is 7.19. The van der Waals surface area contributed by atoms with Crippen molar-refractivity contribution in [1.29, 1.82) is 0 Å². The maximum atomic E-state index is 12.2. The summed E-state index contributed by atoms with van der Waals surface area (Å²) in [6, 6.07) is -0.0797. The summed E-state index contributed by atoms with van der Waals surface area (Å²) in [6.45, 7) is 1.11. The van der Waals surface area contributed by atoms with Crippen molar-refractivity contribution in [3.63, 3.8) is 0 Å². The zero-order valence-corrected chi connectivity index (χ0v) is 11.1. The molecule has 0 bridgehead atoms. The molecule has 1 heterocycles. The van der Waals surface area contributed by atoms with E-state index in [1.165, 1.54) is 7.11 Å². The highest BCUT2D eigenvalue weighted by molar-refractivity contribution is 5.71. The first-order chi connectivity index (χ1) is 9.05. The van der Waals surface area contributed by atoms with Crippen molar-refractivity contribution in [2.24, 2.45) is 5.92 Å². The summed E-state index contributed by atoms with van der Waals surface area (Å²) in [5.41, 5.74) is 0. The number of nitrogens with one attached hydrogen (secondary N) is 1. The van der Waals surface area contributed by atoms with Gasteiger partial charge in [-0.2, -0.15) is 0 Å². The minimum absolute atomic E-state index is 0.0678. The molecular formula is C12H22F2N2O3. The first-order valence-electron chi connectivity index (χ1n) is 6.46. The molecule has 5 nitrogen and oxygen atoms in total. The van der Waals surface area contributed by atoms with Crippen LogP contribution in [0.3, 0.4) is 0 Å². The molecule has 0 saturated carbocycles. The van der Waals surface area contributed by atoms with Crippen molar-refractivity contribution >= 4 is 5.97 Å². The van der Waals surface area contributed by atoms with Gasteiger partial charge in [0.05, 0.1) is 20.2 Å². The maximum Gasteiger partial charge on any atom is 0.319 e. The molecule has 2 atom stereocenters. The first kappa shape index (κ1) is 16.3. The molecule has 0 radical (unpaired) electrons. The number of hydrogen-bond donors (Lipinski definition) is 2. The van der Waals surface area contributed by atoms with Gasteiger partial charge < -0.3 is 15.2 Å². The predicted molar refractivity (Wildman–Crippen MR) is 66.1 cm³/mol. The van der Waals surface area contributed by atoms with Crippen LogP contribution in [-0.4, -0.2) is 68.3 Å². The van der Waals surface area contributed by atoms with Crippen molar-refractivity contribution in [3.8, 4) is 0 Å². The molecule has 1 saturated heterocycles. The molecule has 7 heteroatoms. The van der Waals surface area contributed by atoms with E-state index in [4.69, 9.17) is 5.11 Å². The molecule has 0 amide bonds. The van der Waals surface area contributed by atoms with E-state index in [1.807, 2.05) is 4.90 Å². The summed E-state index contributed by atoms with van der Waals surface area (Å²) in [5, 5.41) is 11.8. The number of esters is 1. The molecule has 1 aliphatic heterocycles. The Labute approximate surface area is 111 Å². The highest BCUT2D eigenvalue weighted by Gasteiger charge is 2.28. The number of carbonyl (C=O) groups excluding carboxylic acids is 1. The smallest absolute Gasteiger partial charge is 0.319 e. The summed E-state index contributed by atoms with van der Waals surface area (Å²) in [4.78, 5) is 13.2. The van der Waals surface area contributed by atoms with Crippen molar-refractivity contribution in [2.75, 3.05) is 39.9 Å². The van der Waals surface area contributed by atoms with Crippen LogP contribution in [0.15, 0.2) is 0 Å². The molecule has 112 valence electrons. The molecule has 2 N–H and O–H groups in total. The molecule has 0 aromatic rings. The van der Waals surface area contributed by atoms with Crippen molar-refractivity contribution in [1.82, 2.24) is 10.2 Å². The van der Waals surface area contributed by atoms with Crippen LogP contribution in [-0.2, 0) is 9.53 Å². The summed E-state index contributed by atoms with van der Waals surface area (Å²) in [6.07, 6.45) is -1.03. The number of piperidine rings is 1. The Balaban J connectivity index is 2.49. The largest absolute Gasteiger partial charge is 0.468 e. The molecule has 0 aromatic heterocycles. The third kappa shape index (κ3) is 6.26. The fraction of sp³-hybridized carbons (Fsp3) is 0.917. The molecule has 1 fully saturated rings. The molecule has 0 aromatic carbocycles. The van der Waals surface area contributed by atoms with Gasteiger partial charge in [0.2, 0.25) is 0 Å². The topological polar surface area (TPSA) is 61.8 Å². The van der Waals surface area contributed by atoms with Crippen molar-refractivity contribution < 1.29 is 23.4 Å². The molecular weight excluding hydrogens is 258 g/mol. The van der Waals surface area contributed by atoms with Crippen molar-refractivity contribution in [2.45, 2.75) is 25.3 Å². The number of carbonyl (C=O) groups is 1. The van der Waals surface area contributed by atoms with E-state index in [2.05, 4.69) is 10.1 Å². The first-order valence-corrected chi connectivity index (χ1v) is 6.46. The Hall–Kier alpha value is -0.790. The average Bonchev–Trinajstić information content (AvgIpc) is 2.36. The number of aliphatic hydroxyl groups is 1. The minimum atomic E-state index is -2.38. The lowest BCUT2D eigenvalue weighted by molar-refractivity contribution is -0.142. The molecule has 0 spiro atoms. The lowest BCUT2D eigenvalue weighted by atomic mass is 9.91. The van der Waals surface area contributed by atoms with E-state index in [0.717, 1.165) is 6.42 Å². The molecule has 1 rings (SSSR count). The summed E-state index contributed by atoms with van der Waals surface area (Å²) in [5.74, 6) is -0.129. The van der Waals surface area contributed by atoms with E-state index in [-0.39, 0.29) is 37.6 Å². The number of ether oxygens (including phenoxy) is 1. The maximum absolute atomic E-state index is 12.2. The van der Waals surface area contributed by atoms with E-state index in [1.54, 1.807) is 0 Å². The predicted octanol–water partition coefficient (Wildman–Crippen LogP) is 0.0870. The Bertz CT molecular complexity index is 280. The standard InChI is InChI=1S/C12H22F2N2O3/c1-19-12(18)8-16-6-9(2-3-17)4-10(7-16)15-5-11(13)14/h9-11,15,17H,2-8H2,1H3. The Morgan fingerprint density at radius 2 is 2.26 bits per heavy atom. The molecule has 19 heavy (non-hydrogen) atoms. The van der Waals surface area contributed by atoms with Crippen LogP contribution in [0.5, 0.6) is 0 Å². The average molecular weight is 280 g/mol. The van der Waals surface area contributed by atoms with Gasteiger partial charge >= 0.3 is 5.97 Å². The highest BCUT2D eigenvalue weighted by Crippen LogP contribution is 2.20. The van der Waals surface area contributed by atoms with Gasteiger partial charge in [-0.05, 0) is 18.8 Å². The summed E-state index contributed by atoms with van der Waals surface area (Å²) >= 11 is 0. The van der Waals surface area contributed by atoms with Gasteiger partial charge in [0, 0.05) is 25.7 Å². The Morgan fingerprint density at radius 1 is 1.53 bits per heavy atom. The van der Waals surface area contributed by atoms with Gasteiger partial charge in [-0.1, -0.05) is 0 Å². The van der Waals surface area contributed by atoms with E-state index >= 15 is 0 Å². The lowest BCUT2D eigenvalue weighted by Crippen LogP contribution is -2.51. The van der Waals surface area contributed by atoms with Gasteiger partial charge in [0.15, 0.2) is 0 Å². The van der Waals surface area contributed by atoms with Gasteiger partial charge in [0.1, 0.15) is 0 Å². The van der Waals surface area contributed by atoms with Crippen LogP contribution < -0.4 is 5.32 Å². The van der Waals surface area contributed by atoms with Gasteiger partial charge in [-0.3, -0.25) is 9.69 Å². The quantitative estimate of drug-likeness (QED) is 0.647. The van der Waals surface area contributed by atoms with Crippen LogP contribution in [0.2, 0.25) is 0 Å². The number of methoxy groups -OCH3 is 1. The molecule has 0 aliphatic carbocycles. The van der Waals surface area contributed by atoms with Gasteiger partial charge in [-0.25, -0.2) is 8.78 Å². The number of hydrogen-bond acceptors (Lipinski definition) is 5. The van der Waals surface area contributed by atoms with Crippen LogP contribution in [0, 0.1) is 5.92 Å². The number of likely N-dealkylation sites (tertiary alicyclic amines) is 1. The number of aliphatic hydroxyl groups excluding tert-OH is 1. The van der Waals surface area contributed by atoms with Crippen LogP contribution in [0.1, 0.15) is 12.8 Å². The monoisotopic (exact) mass is 280 g/mol. The van der Waals surface area contributed by atoms with Crippen LogP contribution in [0.25, 0.3) is 0 Å². The fourth-order valence-corrected chi connectivity index (χ4v) is 2.47. The number of alkyl halides is 2. The zero-order chi connectivity index (χ0) is 14.3. The molecule has 2 unspecified atom stereocenters. The molecule has 1 aliphatic rings. The van der Waals surface area contributed by atoms with Gasteiger partial charge in [-0.15, -0.1) is 0 Å². The second-order valence-corrected chi connectivity index (χ2v) is 4.88. The fourth-order valence-electron chi connectivity index (χ4n) is 2.47. The van der Waals surface area contributed by atoms with E-state index in [0.29, 0.717) is 19.5 Å². The highest BCUT2D eigenvalue weighted by atomic mass is 19.3. The normalized spacial score (nSPS) is 24.7. The zero-order valence-electron chi connectivity index (χ0n) is 11.1. The Morgan fingerprint density at radius 3 is 2.84 bits per heavy atom. The lowest BCUT2D eigenvalue weighted by Gasteiger charge is -2.37. The number of nitrogens with zero attached hydrogens (tertiary/aromatic N) is 1. The van der Waals surface area contributed by atoms with E-state index in [9.17, 15) is 13.6 Å². The van der Waals surface area contributed by atoms with Crippen LogP contribution in [0.4, 0.5) is 8.78 Å². The third-order valence-corrected chi connectivity index (χ3v) is 3.29. The SMILES string of the molecule is COC(=O)CN1CC(CCO)CC(NCC(F)F)C1. The second-order valence-electron chi connectivity index (χ2n) is 4.88. The van der Waals surface area contributed by atoms with E-state index < -0.39 is 6.43 Å².